The molecule has 32 heavy (non-hydrogen) atoms. The Hall–Kier alpha value is -3.97. The van der Waals surface area contributed by atoms with Crippen LogP contribution in [0.4, 0.5) is 10.1 Å². The minimum Gasteiger partial charge on any atom is -0.436 e. The van der Waals surface area contributed by atoms with Gasteiger partial charge in [-0.25, -0.2) is 9.37 Å². The van der Waals surface area contributed by atoms with Gasteiger partial charge >= 0.3 is 0 Å². The van der Waals surface area contributed by atoms with Crippen LogP contribution in [0.2, 0.25) is 5.02 Å². The van der Waals surface area contributed by atoms with E-state index in [-0.39, 0.29) is 18.1 Å². The molecule has 0 aliphatic carbocycles. The van der Waals surface area contributed by atoms with Crippen LogP contribution in [-0.4, -0.2) is 21.1 Å². The number of carbonyl (C=O) groups excluding carboxylic acids is 1. The summed E-state index contributed by atoms with van der Waals surface area (Å²) in [7, 11) is 0. The van der Waals surface area contributed by atoms with Gasteiger partial charge in [-0.1, -0.05) is 35.9 Å². The number of nitrogens with one attached hydrogen (secondary N) is 2. The summed E-state index contributed by atoms with van der Waals surface area (Å²) in [6.07, 6.45) is 1.81. The fraction of sp³-hybridized carbons (Fsp3) is 0.0417. The Morgan fingerprint density at radius 1 is 1.09 bits per heavy atom. The van der Waals surface area contributed by atoms with Gasteiger partial charge in [0.25, 0.3) is 0 Å². The maximum absolute atomic E-state index is 13.3. The van der Waals surface area contributed by atoms with Crippen molar-refractivity contribution in [2.24, 2.45) is 0 Å². The number of aromatic amines is 1. The molecule has 5 aromatic rings. The van der Waals surface area contributed by atoms with Crippen molar-refractivity contribution in [3.8, 4) is 22.7 Å². The van der Waals surface area contributed by atoms with Crippen molar-refractivity contribution < 1.29 is 13.6 Å². The van der Waals surface area contributed by atoms with E-state index in [9.17, 15) is 9.18 Å². The first-order valence-corrected chi connectivity index (χ1v) is 10.2. The van der Waals surface area contributed by atoms with E-state index in [0.29, 0.717) is 44.5 Å². The molecule has 5 rings (SSSR count). The SMILES string of the molecule is O=C(Cc1cccc(F)c1)Nc1ccc(-c2n[nH]cc2-c2nc3cc(Cl)ccc3o2)cc1. The third-order valence-electron chi connectivity index (χ3n) is 4.92. The highest BCUT2D eigenvalue weighted by molar-refractivity contribution is 6.31. The molecule has 2 heterocycles. The molecule has 0 spiro atoms. The van der Waals surface area contributed by atoms with Crippen LogP contribution in [0.1, 0.15) is 5.56 Å². The van der Waals surface area contributed by atoms with Crippen molar-refractivity contribution in [2.45, 2.75) is 6.42 Å². The second kappa shape index (κ2) is 8.28. The summed E-state index contributed by atoms with van der Waals surface area (Å²) in [6, 6.07) is 18.5. The largest absolute Gasteiger partial charge is 0.436 e. The Morgan fingerprint density at radius 2 is 1.94 bits per heavy atom. The Kier molecular flexibility index (Phi) is 5.17. The monoisotopic (exact) mass is 446 g/mol. The minimum atomic E-state index is -0.364. The first-order valence-electron chi connectivity index (χ1n) is 9.80. The Morgan fingerprint density at radius 3 is 2.75 bits per heavy atom. The maximum Gasteiger partial charge on any atom is 0.231 e. The number of anilines is 1. The molecule has 0 saturated carbocycles. The van der Waals surface area contributed by atoms with Crippen LogP contribution in [0.25, 0.3) is 33.8 Å². The molecule has 3 aromatic carbocycles. The van der Waals surface area contributed by atoms with Crippen molar-refractivity contribution >= 4 is 34.3 Å². The average molecular weight is 447 g/mol. The van der Waals surface area contributed by atoms with Crippen molar-refractivity contribution in [3.05, 3.63) is 89.3 Å². The number of halogens is 2. The van der Waals surface area contributed by atoms with Gasteiger partial charge in [0.2, 0.25) is 11.8 Å². The molecule has 0 aliphatic heterocycles. The summed E-state index contributed by atoms with van der Waals surface area (Å²) in [4.78, 5) is 16.8. The van der Waals surface area contributed by atoms with Crippen LogP contribution < -0.4 is 5.32 Å². The molecule has 0 saturated heterocycles. The van der Waals surface area contributed by atoms with E-state index in [0.717, 1.165) is 5.56 Å². The molecule has 0 unspecified atom stereocenters. The fourth-order valence-electron chi connectivity index (χ4n) is 3.44. The smallest absolute Gasteiger partial charge is 0.231 e. The lowest BCUT2D eigenvalue weighted by Crippen LogP contribution is -2.14. The van der Waals surface area contributed by atoms with Crippen molar-refractivity contribution in [1.29, 1.82) is 0 Å². The molecular formula is C24H16ClFN4O2. The summed E-state index contributed by atoms with van der Waals surface area (Å²) >= 11 is 6.04. The maximum atomic E-state index is 13.3. The van der Waals surface area contributed by atoms with E-state index < -0.39 is 0 Å². The van der Waals surface area contributed by atoms with Gasteiger partial charge in [0.15, 0.2) is 5.58 Å². The number of amides is 1. The number of hydrogen-bond acceptors (Lipinski definition) is 4. The average Bonchev–Trinajstić information content (AvgIpc) is 3.40. The molecule has 0 atom stereocenters. The number of rotatable bonds is 5. The van der Waals surface area contributed by atoms with Gasteiger partial charge < -0.3 is 9.73 Å². The highest BCUT2D eigenvalue weighted by Gasteiger charge is 2.16. The Bertz CT molecular complexity index is 1430. The van der Waals surface area contributed by atoms with E-state index in [1.165, 1.54) is 12.1 Å². The summed E-state index contributed by atoms with van der Waals surface area (Å²) in [5, 5.41) is 10.6. The van der Waals surface area contributed by atoms with Gasteiger partial charge in [0.05, 0.1) is 12.0 Å². The van der Waals surface area contributed by atoms with Gasteiger partial charge in [0, 0.05) is 22.5 Å². The zero-order valence-corrected chi connectivity index (χ0v) is 17.4. The molecular weight excluding hydrogens is 431 g/mol. The van der Waals surface area contributed by atoms with Crippen LogP contribution in [0.15, 0.2) is 77.3 Å². The minimum absolute atomic E-state index is 0.0881. The summed E-state index contributed by atoms with van der Waals surface area (Å²) in [5.74, 6) is -0.163. The number of fused-ring (bicyclic) bond motifs is 1. The molecule has 158 valence electrons. The fourth-order valence-corrected chi connectivity index (χ4v) is 3.60. The van der Waals surface area contributed by atoms with E-state index >= 15 is 0 Å². The molecule has 2 aromatic heterocycles. The van der Waals surface area contributed by atoms with Crippen LogP contribution in [0, 0.1) is 5.82 Å². The second-order valence-corrected chi connectivity index (χ2v) is 7.65. The van der Waals surface area contributed by atoms with E-state index in [4.69, 9.17) is 16.0 Å². The quantitative estimate of drug-likeness (QED) is 0.354. The Balaban J connectivity index is 1.34. The normalized spacial score (nSPS) is 11.1. The molecule has 0 fully saturated rings. The Labute approximate surface area is 187 Å². The van der Waals surface area contributed by atoms with Crippen molar-refractivity contribution in [2.75, 3.05) is 5.32 Å². The lowest BCUT2D eigenvalue weighted by atomic mass is 10.1. The molecule has 8 heteroatoms. The number of nitrogens with zero attached hydrogens (tertiary/aromatic N) is 2. The second-order valence-electron chi connectivity index (χ2n) is 7.21. The molecule has 1 amide bonds. The summed E-state index contributed by atoms with van der Waals surface area (Å²) < 4.78 is 19.2. The zero-order chi connectivity index (χ0) is 22.1. The van der Waals surface area contributed by atoms with Gasteiger partial charge in [-0.3, -0.25) is 9.89 Å². The molecule has 0 bridgehead atoms. The first-order chi connectivity index (χ1) is 15.5. The first kappa shape index (κ1) is 20.0. The molecule has 0 aliphatic rings. The third-order valence-corrected chi connectivity index (χ3v) is 5.15. The van der Waals surface area contributed by atoms with Gasteiger partial charge in [-0.15, -0.1) is 0 Å². The molecule has 0 radical (unpaired) electrons. The number of benzene rings is 3. The highest BCUT2D eigenvalue weighted by Crippen LogP contribution is 2.32. The number of aromatic nitrogens is 3. The van der Waals surface area contributed by atoms with Crippen LogP contribution in [-0.2, 0) is 11.2 Å². The van der Waals surface area contributed by atoms with Crippen LogP contribution in [0.5, 0.6) is 0 Å². The van der Waals surface area contributed by atoms with E-state index in [1.807, 2.05) is 12.1 Å². The predicted octanol–water partition coefficient (Wildman–Crippen LogP) is 5.86. The molecule has 2 N–H and O–H groups in total. The van der Waals surface area contributed by atoms with Crippen molar-refractivity contribution in [3.63, 3.8) is 0 Å². The lowest BCUT2D eigenvalue weighted by molar-refractivity contribution is -0.115. The van der Waals surface area contributed by atoms with E-state index in [1.54, 1.807) is 48.7 Å². The topological polar surface area (TPSA) is 83.8 Å². The number of oxazole rings is 1. The third kappa shape index (κ3) is 4.10. The standard InChI is InChI=1S/C24H16ClFN4O2/c25-16-6-9-21-20(12-16)29-24(32-21)19-13-27-30-23(19)15-4-7-18(8-5-15)28-22(31)11-14-2-1-3-17(26)10-14/h1-10,12-13H,11H2,(H,27,30)(H,28,31). The summed E-state index contributed by atoms with van der Waals surface area (Å²) in [6.45, 7) is 0. The van der Waals surface area contributed by atoms with Gasteiger partial charge in [-0.2, -0.15) is 5.10 Å². The zero-order valence-electron chi connectivity index (χ0n) is 16.6. The van der Waals surface area contributed by atoms with E-state index in [2.05, 4.69) is 20.5 Å². The summed E-state index contributed by atoms with van der Waals surface area (Å²) in [5.41, 5.74) is 4.73. The predicted molar refractivity (Wildman–Crippen MR) is 121 cm³/mol. The number of hydrogen-bond donors (Lipinski definition) is 2. The van der Waals surface area contributed by atoms with Gasteiger partial charge in [-0.05, 0) is 48.0 Å². The van der Waals surface area contributed by atoms with Crippen molar-refractivity contribution in [1.82, 2.24) is 15.2 Å². The molecule has 6 nitrogen and oxygen atoms in total. The van der Waals surface area contributed by atoms with Crippen LogP contribution in [0.3, 0.4) is 0 Å². The van der Waals surface area contributed by atoms with Gasteiger partial charge in [0.1, 0.15) is 17.0 Å². The number of H-pyrrole nitrogens is 1. The lowest BCUT2D eigenvalue weighted by Gasteiger charge is -2.07. The number of carbonyl (C=O) groups is 1. The van der Waals surface area contributed by atoms with Crippen LogP contribution >= 0.6 is 11.6 Å². The highest BCUT2D eigenvalue weighted by atomic mass is 35.5.